The number of fused-ring (bicyclic) bond motifs is 1. The van der Waals surface area contributed by atoms with E-state index in [1.807, 2.05) is 31.2 Å². The maximum atomic E-state index is 11.8. The van der Waals surface area contributed by atoms with Gasteiger partial charge in [-0.05, 0) is 40.9 Å². The van der Waals surface area contributed by atoms with Gasteiger partial charge in [0.05, 0.1) is 18.2 Å². The van der Waals surface area contributed by atoms with Crippen molar-refractivity contribution in [1.29, 1.82) is 0 Å². The van der Waals surface area contributed by atoms with Gasteiger partial charge < -0.3 is 9.72 Å². The van der Waals surface area contributed by atoms with Crippen LogP contribution in [0.25, 0.3) is 0 Å². The summed E-state index contributed by atoms with van der Waals surface area (Å²) in [6, 6.07) is 7.97. The van der Waals surface area contributed by atoms with Gasteiger partial charge in [0.2, 0.25) is 0 Å². The topological polar surface area (TPSA) is 55.0 Å². The van der Waals surface area contributed by atoms with Crippen molar-refractivity contribution in [1.82, 2.24) is 9.97 Å². The number of rotatable bonds is 1. The molecule has 1 aliphatic heterocycles. The minimum Gasteiger partial charge on any atom is -0.493 e. The van der Waals surface area contributed by atoms with Crippen molar-refractivity contribution in [3.63, 3.8) is 0 Å². The quantitative estimate of drug-likeness (QED) is 0.878. The maximum Gasteiger partial charge on any atom is 0.265 e. The molecule has 0 bridgehead atoms. The molecule has 1 atom stereocenters. The predicted octanol–water partition coefficient (Wildman–Crippen LogP) is 2.56. The zero-order chi connectivity index (χ0) is 13.4. The summed E-state index contributed by atoms with van der Waals surface area (Å²) in [4.78, 5) is 19.0. The third kappa shape index (κ3) is 2.30. The Morgan fingerprint density at radius 2 is 2.21 bits per heavy atom. The highest BCUT2D eigenvalue weighted by atomic mass is 79.9. The Kier molecular flexibility index (Phi) is 3.14. The number of nitrogens with one attached hydrogen (secondary N) is 1. The van der Waals surface area contributed by atoms with Crippen molar-refractivity contribution in [2.24, 2.45) is 0 Å². The highest BCUT2D eigenvalue weighted by Crippen LogP contribution is 2.30. The minimum absolute atomic E-state index is 0.0920. The molecule has 0 saturated heterocycles. The number of H-pyrrole nitrogens is 1. The van der Waals surface area contributed by atoms with Crippen molar-refractivity contribution < 1.29 is 4.74 Å². The van der Waals surface area contributed by atoms with E-state index in [0.717, 1.165) is 17.7 Å². The van der Waals surface area contributed by atoms with Crippen LogP contribution >= 0.6 is 15.9 Å². The molecule has 4 nitrogen and oxygen atoms in total. The number of hydrogen-bond acceptors (Lipinski definition) is 3. The summed E-state index contributed by atoms with van der Waals surface area (Å²) in [7, 11) is 0. The molecule has 0 aliphatic carbocycles. The number of benzene rings is 1. The van der Waals surface area contributed by atoms with E-state index in [0.29, 0.717) is 22.6 Å². The summed E-state index contributed by atoms with van der Waals surface area (Å²) in [5.74, 6) is 1.71. The van der Waals surface area contributed by atoms with Crippen LogP contribution in [0.3, 0.4) is 0 Å². The van der Waals surface area contributed by atoms with Gasteiger partial charge in [0.15, 0.2) is 0 Å². The summed E-state index contributed by atoms with van der Waals surface area (Å²) < 4.78 is 6.22. The predicted molar refractivity (Wildman–Crippen MR) is 75.7 cm³/mol. The SMILES string of the molecule is Cc1nc(C2COc3ccccc3C2)[nH]c(=O)c1Br. The highest BCUT2D eigenvalue weighted by Gasteiger charge is 2.23. The molecule has 1 unspecified atom stereocenters. The molecule has 0 saturated carbocycles. The van der Waals surface area contributed by atoms with Crippen LogP contribution in [0.5, 0.6) is 5.75 Å². The number of nitrogens with zero attached hydrogens (tertiary/aromatic N) is 1. The normalized spacial score (nSPS) is 17.7. The third-order valence-corrected chi connectivity index (χ3v) is 4.25. The molecule has 0 spiro atoms. The van der Waals surface area contributed by atoms with Gasteiger partial charge in [0, 0.05) is 0 Å². The van der Waals surface area contributed by atoms with E-state index in [4.69, 9.17) is 4.74 Å². The fourth-order valence-electron chi connectivity index (χ4n) is 2.29. The Hall–Kier alpha value is -1.62. The molecule has 1 aliphatic rings. The number of halogens is 1. The van der Waals surface area contributed by atoms with E-state index in [1.54, 1.807) is 0 Å². The Labute approximate surface area is 119 Å². The molecule has 5 heteroatoms. The van der Waals surface area contributed by atoms with E-state index in [9.17, 15) is 4.79 Å². The molecule has 19 heavy (non-hydrogen) atoms. The van der Waals surface area contributed by atoms with Crippen LogP contribution < -0.4 is 10.3 Å². The molecule has 2 heterocycles. The van der Waals surface area contributed by atoms with Gasteiger partial charge in [-0.15, -0.1) is 0 Å². The molecule has 3 rings (SSSR count). The summed E-state index contributed by atoms with van der Waals surface area (Å²) in [5.41, 5.74) is 1.72. The first-order valence-corrected chi connectivity index (χ1v) is 6.91. The number of aryl methyl sites for hydroxylation is 1. The fraction of sp³-hybridized carbons (Fsp3) is 0.286. The van der Waals surface area contributed by atoms with Crippen molar-refractivity contribution in [2.45, 2.75) is 19.3 Å². The van der Waals surface area contributed by atoms with Crippen molar-refractivity contribution in [3.05, 3.63) is 56.2 Å². The lowest BCUT2D eigenvalue weighted by atomic mass is 9.96. The molecule has 1 aromatic carbocycles. The van der Waals surface area contributed by atoms with Gasteiger partial charge in [-0.1, -0.05) is 18.2 Å². The lowest BCUT2D eigenvalue weighted by molar-refractivity contribution is 0.257. The van der Waals surface area contributed by atoms with E-state index in [-0.39, 0.29) is 11.5 Å². The first-order valence-electron chi connectivity index (χ1n) is 6.12. The standard InChI is InChI=1S/C14H13BrN2O2/c1-8-12(15)14(18)17-13(16-8)10-6-9-4-2-3-5-11(9)19-7-10/h2-5,10H,6-7H2,1H3,(H,16,17,18). The van der Waals surface area contributed by atoms with Gasteiger partial charge in [0.1, 0.15) is 16.0 Å². The molecule has 2 aromatic rings. The monoisotopic (exact) mass is 320 g/mol. The van der Waals surface area contributed by atoms with Gasteiger partial charge in [-0.3, -0.25) is 4.79 Å². The first kappa shape index (κ1) is 12.4. The largest absolute Gasteiger partial charge is 0.493 e. The molecule has 0 amide bonds. The van der Waals surface area contributed by atoms with Gasteiger partial charge in [-0.25, -0.2) is 4.98 Å². The second-order valence-corrected chi connectivity index (χ2v) is 5.46. The summed E-state index contributed by atoms with van der Waals surface area (Å²) in [6.07, 6.45) is 0.834. The molecule has 0 radical (unpaired) electrons. The number of hydrogen-bond donors (Lipinski definition) is 1. The zero-order valence-corrected chi connectivity index (χ0v) is 12.0. The number of para-hydroxylation sites is 1. The van der Waals surface area contributed by atoms with Crippen LogP contribution in [0.1, 0.15) is 23.0 Å². The molecular weight excluding hydrogens is 308 g/mol. The molecule has 98 valence electrons. The highest BCUT2D eigenvalue weighted by molar-refractivity contribution is 9.10. The summed E-state index contributed by atoms with van der Waals surface area (Å²) in [5, 5.41) is 0. The van der Waals surface area contributed by atoms with Gasteiger partial charge >= 0.3 is 0 Å². The smallest absolute Gasteiger partial charge is 0.265 e. The molecular formula is C14H13BrN2O2. The number of aromatic amines is 1. The lowest BCUT2D eigenvalue weighted by Gasteiger charge is -2.24. The Morgan fingerprint density at radius 3 is 3.00 bits per heavy atom. The van der Waals surface area contributed by atoms with Gasteiger partial charge in [-0.2, -0.15) is 0 Å². The first-order chi connectivity index (χ1) is 9.15. The van der Waals surface area contributed by atoms with Gasteiger partial charge in [0.25, 0.3) is 5.56 Å². The average Bonchev–Trinajstić information content (AvgIpc) is 2.43. The third-order valence-electron chi connectivity index (χ3n) is 3.31. The Bertz CT molecular complexity index is 681. The molecule has 1 N–H and O–H groups in total. The second-order valence-electron chi connectivity index (χ2n) is 4.67. The fourth-order valence-corrected chi connectivity index (χ4v) is 2.48. The Balaban J connectivity index is 1.95. The molecule has 1 aromatic heterocycles. The molecule has 0 fully saturated rings. The van der Waals surface area contributed by atoms with Crippen LogP contribution in [0, 0.1) is 6.92 Å². The lowest BCUT2D eigenvalue weighted by Crippen LogP contribution is -2.24. The van der Waals surface area contributed by atoms with Crippen LogP contribution in [-0.2, 0) is 6.42 Å². The summed E-state index contributed by atoms with van der Waals surface area (Å²) >= 11 is 3.23. The van der Waals surface area contributed by atoms with E-state index >= 15 is 0 Å². The minimum atomic E-state index is -0.138. The second kappa shape index (κ2) is 4.81. The van der Waals surface area contributed by atoms with Crippen LogP contribution in [0.2, 0.25) is 0 Å². The number of aromatic nitrogens is 2. The zero-order valence-electron chi connectivity index (χ0n) is 10.4. The maximum absolute atomic E-state index is 11.8. The average molecular weight is 321 g/mol. The van der Waals surface area contributed by atoms with E-state index in [2.05, 4.69) is 25.9 Å². The summed E-state index contributed by atoms with van der Waals surface area (Å²) in [6.45, 7) is 2.36. The van der Waals surface area contributed by atoms with Crippen LogP contribution in [-0.4, -0.2) is 16.6 Å². The van der Waals surface area contributed by atoms with Crippen molar-refractivity contribution >= 4 is 15.9 Å². The number of ether oxygens (including phenoxy) is 1. The van der Waals surface area contributed by atoms with Crippen LogP contribution in [0.4, 0.5) is 0 Å². The van der Waals surface area contributed by atoms with Crippen molar-refractivity contribution in [3.8, 4) is 5.75 Å². The van der Waals surface area contributed by atoms with Crippen LogP contribution in [0.15, 0.2) is 33.5 Å². The van der Waals surface area contributed by atoms with E-state index < -0.39 is 0 Å². The van der Waals surface area contributed by atoms with E-state index in [1.165, 1.54) is 0 Å². The Morgan fingerprint density at radius 1 is 1.42 bits per heavy atom. The van der Waals surface area contributed by atoms with Crippen molar-refractivity contribution in [2.75, 3.05) is 6.61 Å².